The Morgan fingerprint density at radius 2 is 1.12 bits per heavy atom. The predicted octanol–water partition coefficient (Wildman–Crippen LogP) is 11.9. The van der Waals surface area contributed by atoms with Crippen molar-refractivity contribution in [3.05, 3.63) is 42.2 Å². The number of aromatic nitrogens is 2. The first-order valence-corrected chi connectivity index (χ1v) is 17.8. The molecule has 3 heteroatoms. The molecule has 1 fully saturated rings. The van der Waals surface area contributed by atoms with Gasteiger partial charge in [0.15, 0.2) is 5.82 Å². The lowest BCUT2D eigenvalue weighted by atomic mass is 9.74. The van der Waals surface area contributed by atoms with Crippen LogP contribution in [0.5, 0.6) is 5.75 Å². The van der Waals surface area contributed by atoms with Crippen LogP contribution in [0.4, 0.5) is 0 Å². The summed E-state index contributed by atoms with van der Waals surface area (Å²) < 4.78 is 6.14. The van der Waals surface area contributed by atoms with Gasteiger partial charge in [-0.2, -0.15) is 0 Å². The van der Waals surface area contributed by atoms with Crippen molar-refractivity contribution in [3.63, 3.8) is 0 Å². The predicted molar refractivity (Wildman–Crippen MR) is 177 cm³/mol. The number of aryl methyl sites for hydroxylation is 1. The maximum atomic E-state index is 6.14. The van der Waals surface area contributed by atoms with Gasteiger partial charge in [0.05, 0.1) is 6.61 Å². The van der Waals surface area contributed by atoms with Gasteiger partial charge in [-0.15, -0.1) is 0 Å². The van der Waals surface area contributed by atoms with Gasteiger partial charge in [0.1, 0.15) is 5.75 Å². The first-order chi connectivity index (χ1) is 20.3. The topological polar surface area (TPSA) is 35.0 Å². The standard InChI is InChI=1S/C38H62N2O/c1-3-5-7-9-11-13-15-17-22-34-23-18-19-24-35(34)25-20-30-41-37-28-26-36(27-29-37)38-39-31-33(32-40-38)21-16-14-12-10-8-6-4-2/h26-29,31-32,34-35H,3-25,30H2,1-2H3. The molecule has 0 radical (unpaired) electrons. The van der Waals surface area contributed by atoms with Crippen LogP contribution in [0, 0.1) is 11.8 Å². The molecule has 0 spiro atoms. The van der Waals surface area contributed by atoms with Crippen molar-refractivity contribution in [3.8, 4) is 17.1 Å². The summed E-state index contributed by atoms with van der Waals surface area (Å²) in [4.78, 5) is 9.29. The average molecular weight is 563 g/mol. The van der Waals surface area contributed by atoms with Gasteiger partial charge in [-0.3, -0.25) is 0 Å². The minimum Gasteiger partial charge on any atom is -0.494 e. The van der Waals surface area contributed by atoms with E-state index in [-0.39, 0.29) is 0 Å². The minimum atomic E-state index is 0.805. The molecule has 230 valence electrons. The average Bonchev–Trinajstić information content (AvgIpc) is 3.01. The van der Waals surface area contributed by atoms with Crippen LogP contribution < -0.4 is 4.74 Å². The molecule has 0 bridgehead atoms. The van der Waals surface area contributed by atoms with Crippen LogP contribution in [0.15, 0.2) is 36.7 Å². The summed E-state index contributed by atoms with van der Waals surface area (Å²) in [5.41, 5.74) is 2.31. The van der Waals surface area contributed by atoms with E-state index in [1.807, 2.05) is 12.4 Å². The Balaban J connectivity index is 1.29. The summed E-state index contributed by atoms with van der Waals surface area (Å²) in [5.74, 6) is 3.65. The summed E-state index contributed by atoms with van der Waals surface area (Å²) in [6.45, 7) is 5.40. The van der Waals surface area contributed by atoms with Crippen LogP contribution in [0.3, 0.4) is 0 Å². The molecule has 2 aromatic rings. The number of hydrogen-bond donors (Lipinski definition) is 0. The third-order valence-corrected chi connectivity index (χ3v) is 9.37. The van der Waals surface area contributed by atoms with E-state index in [2.05, 4.69) is 48.1 Å². The molecule has 1 aliphatic rings. The monoisotopic (exact) mass is 562 g/mol. The van der Waals surface area contributed by atoms with Gasteiger partial charge in [0, 0.05) is 18.0 Å². The zero-order valence-corrected chi connectivity index (χ0v) is 26.9. The van der Waals surface area contributed by atoms with Crippen molar-refractivity contribution in [2.24, 2.45) is 11.8 Å². The van der Waals surface area contributed by atoms with Crippen molar-refractivity contribution in [2.45, 2.75) is 162 Å². The first kappa shape index (κ1) is 33.6. The molecular weight excluding hydrogens is 500 g/mol. The molecule has 41 heavy (non-hydrogen) atoms. The van der Waals surface area contributed by atoms with Gasteiger partial charge in [-0.25, -0.2) is 9.97 Å². The largest absolute Gasteiger partial charge is 0.494 e. The Hall–Kier alpha value is -1.90. The molecule has 1 heterocycles. The van der Waals surface area contributed by atoms with E-state index in [1.54, 1.807) is 0 Å². The SMILES string of the molecule is CCCCCCCCCCC1CCCCC1CCCOc1ccc(-c2ncc(CCCCCCCCC)cn2)cc1. The van der Waals surface area contributed by atoms with Crippen molar-refractivity contribution < 1.29 is 4.74 Å². The van der Waals surface area contributed by atoms with E-state index in [1.165, 1.54) is 147 Å². The Morgan fingerprint density at radius 3 is 1.71 bits per heavy atom. The third-order valence-electron chi connectivity index (χ3n) is 9.37. The van der Waals surface area contributed by atoms with Gasteiger partial charge < -0.3 is 4.74 Å². The van der Waals surface area contributed by atoms with Crippen molar-refractivity contribution >= 4 is 0 Å². The molecule has 2 atom stereocenters. The van der Waals surface area contributed by atoms with Gasteiger partial charge in [-0.05, 0) is 67.3 Å². The maximum absolute atomic E-state index is 6.14. The highest BCUT2D eigenvalue weighted by atomic mass is 16.5. The maximum Gasteiger partial charge on any atom is 0.159 e. The molecule has 3 nitrogen and oxygen atoms in total. The fraction of sp³-hybridized carbons (Fsp3) is 0.737. The molecule has 0 saturated heterocycles. The number of ether oxygens (including phenoxy) is 1. The number of nitrogens with zero attached hydrogens (tertiary/aromatic N) is 2. The smallest absolute Gasteiger partial charge is 0.159 e. The van der Waals surface area contributed by atoms with Gasteiger partial charge >= 0.3 is 0 Å². The molecule has 1 aromatic carbocycles. The highest BCUT2D eigenvalue weighted by molar-refractivity contribution is 5.55. The quantitative estimate of drug-likeness (QED) is 0.126. The van der Waals surface area contributed by atoms with Gasteiger partial charge in [0.25, 0.3) is 0 Å². The van der Waals surface area contributed by atoms with Crippen molar-refractivity contribution in [2.75, 3.05) is 6.61 Å². The summed E-state index contributed by atoms with van der Waals surface area (Å²) >= 11 is 0. The molecule has 1 aliphatic carbocycles. The first-order valence-electron chi connectivity index (χ1n) is 17.8. The summed E-state index contributed by atoms with van der Waals surface area (Å²) in [6, 6.07) is 8.36. The Labute approximate surface area is 253 Å². The van der Waals surface area contributed by atoms with Crippen LogP contribution in [-0.2, 0) is 6.42 Å². The second kappa shape index (κ2) is 21.8. The van der Waals surface area contributed by atoms with Crippen LogP contribution in [0.25, 0.3) is 11.4 Å². The number of hydrogen-bond acceptors (Lipinski definition) is 3. The van der Waals surface area contributed by atoms with E-state index in [0.717, 1.165) is 42.0 Å². The van der Waals surface area contributed by atoms with Crippen LogP contribution in [0.2, 0.25) is 0 Å². The lowest BCUT2D eigenvalue weighted by Crippen LogP contribution is -2.20. The van der Waals surface area contributed by atoms with Crippen LogP contribution in [0.1, 0.15) is 161 Å². The Kier molecular flexibility index (Phi) is 17.8. The molecular formula is C38H62N2O. The van der Waals surface area contributed by atoms with E-state index >= 15 is 0 Å². The molecule has 0 aliphatic heterocycles. The number of benzene rings is 1. The lowest BCUT2D eigenvalue weighted by molar-refractivity contribution is 0.190. The van der Waals surface area contributed by atoms with Crippen molar-refractivity contribution in [1.82, 2.24) is 9.97 Å². The van der Waals surface area contributed by atoms with E-state index in [9.17, 15) is 0 Å². The van der Waals surface area contributed by atoms with E-state index < -0.39 is 0 Å². The fourth-order valence-corrected chi connectivity index (χ4v) is 6.74. The molecule has 2 unspecified atom stereocenters. The highest BCUT2D eigenvalue weighted by Gasteiger charge is 2.24. The molecule has 0 amide bonds. The second-order valence-electron chi connectivity index (χ2n) is 12.9. The molecule has 0 N–H and O–H groups in total. The van der Waals surface area contributed by atoms with Gasteiger partial charge in [-0.1, -0.05) is 136 Å². The van der Waals surface area contributed by atoms with Crippen LogP contribution >= 0.6 is 0 Å². The lowest BCUT2D eigenvalue weighted by Gasteiger charge is -2.32. The second-order valence-corrected chi connectivity index (χ2v) is 12.9. The van der Waals surface area contributed by atoms with Crippen LogP contribution in [-0.4, -0.2) is 16.6 Å². The summed E-state index contributed by atoms with van der Waals surface area (Å²) in [6.07, 6.45) is 35.7. The Bertz CT molecular complexity index is 878. The zero-order valence-electron chi connectivity index (χ0n) is 26.9. The van der Waals surface area contributed by atoms with Crippen molar-refractivity contribution in [1.29, 1.82) is 0 Å². The molecule has 1 saturated carbocycles. The highest BCUT2D eigenvalue weighted by Crippen LogP contribution is 2.36. The third kappa shape index (κ3) is 14.2. The van der Waals surface area contributed by atoms with E-state index in [4.69, 9.17) is 4.74 Å². The molecule has 1 aromatic heterocycles. The van der Waals surface area contributed by atoms with Gasteiger partial charge in [0.2, 0.25) is 0 Å². The van der Waals surface area contributed by atoms with E-state index in [0.29, 0.717) is 0 Å². The Morgan fingerprint density at radius 1 is 0.610 bits per heavy atom. The number of unbranched alkanes of at least 4 members (excludes halogenated alkanes) is 13. The minimum absolute atomic E-state index is 0.805. The number of rotatable bonds is 23. The zero-order chi connectivity index (χ0) is 28.8. The molecule has 3 rings (SSSR count). The summed E-state index contributed by atoms with van der Waals surface area (Å²) in [7, 11) is 0. The normalized spacial score (nSPS) is 17.1. The fourth-order valence-electron chi connectivity index (χ4n) is 6.74. The summed E-state index contributed by atoms with van der Waals surface area (Å²) in [5, 5.41) is 0.